The van der Waals surface area contributed by atoms with Crippen LogP contribution in [-0.4, -0.2) is 30.7 Å². The van der Waals surface area contributed by atoms with Gasteiger partial charge in [0.05, 0.1) is 29.8 Å². The zero-order valence-corrected chi connectivity index (χ0v) is 27.4. The van der Waals surface area contributed by atoms with E-state index >= 15 is 0 Å². The number of hydrogen-bond acceptors (Lipinski definition) is 3. The van der Waals surface area contributed by atoms with E-state index in [-0.39, 0.29) is 39.9 Å². The van der Waals surface area contributed by atoms with Crippen LogP contribution >= 0.6 is 11.6 Å². The normalized spacial score (nSPS) is 20.1. The summed E-state index contributed by atoms with van der Waals surface area (Å²) in [5, 5.41) is 0.224. The molecule has 3 aromatic rings. The maximum absolute atomic E-state index is 14.3. The lowest BCUT2D eigenvalue weighted by atomic mass is 9.72. The summed E-state index contributed by atoms with van der Waals surface area (Å²) in [6, 6.07) is 8.28. The van der Waals surface area contributed by atoms with E-state index in [1.807, 2.05) is 13.8 Å². The SMILES string of the molecule is COc1cc(C(F)(F)F)c(-c2cccc(Cl)c2)cc1C1=C(CN2C(=O)O[C@H](c3cc(C(F)(F)F)cc(C(F)(F)F)c3)[C@@H]2C)CC(C)(C)CC1. The summed E-state index contributed by atoms with van der Waals surface area (Å²) in [6.07, 6.45) is -16.0. The van der Waals surface area contributed by atoms with E-state index in [0.29, 0.717) is 48.1 Å². The van der Waals surface area contributed by atoms with Gasteiger partial charge in [0.25, 0.3) is 0 Å². The number of rotatable bonds is 6. The van der Waals surface area contributed by atoms with Gasteiger partial charge in [0.2, 0.25) is 0 Å². The van der Waals surface area contributed by atoms with Crippen LogP contribution in [0.25, 0.3) is 16.7 Å². The maximum Gasteiger partial charge on any atom is 0.417 e. The maximum atomic E-state index is 14.3. The van der Waals surface area contributed by atoms with Gasteiger partial charge >= 0.3 is 24.6 Å². The fourth-order valence-corrected chi connectivity index (χ4v) is 6.70. The van der Waals surface area contributed by atoms with E-state index in [1.54, 1.807) is 0 Å². The second-order valence-corrected chi connectivity index (χ2v) is 13.5. The highest BCUT2D eigenvalue weighted by Gasteiger charge is 2.44. The molecule has 1 aliphatic carbocycles. The Bertz CT molecular complexity index is 1760. The third-order valence-corrected chi connectivity index (χ3v) is 9.20. The smallest absolute Gasteiger partial charge is 0.417 e. The first-order chi connectivity index (χ1) is 22.6. The lowest BCUT2D eigenvalue weighted by Gasteiger charge is -2.36. The van der Waals surface area contributed by atoms with E-state index in [1.165, 1.54) is 49.3 Å². The number of carbonyl (C=O) groups is 1. The minimum Gasteiger partial charge on any atom is -0.496 e. The lowest BCUT2D eigenvalue weighted by Crippen LogP contribution is -2.35. The number of nitrogens with zero attached hydrogens (tertiary/aromatic N) is 1. The van der Waals surface area contributed by atoms with Gasteiger partial charge in [0.1, 0.15) is 11.9 Å². The number of amides is 1. The summed E-state index contributed by atoms with van der Waals surface area (Å²) in [5.74, 6) is -0.0659. The number of halogens is 10. The summed E-state index contributed by atoms with van der Waals surface area (Å²) in [4.78, 5) is 14.4. The van der Waals surface area contributed by atoms with Gasteiger partial charge in [-0.2, -0.15) is 39.5 Å². The number of allylic oxidation sites excluding steroid dienone is 1. The van der Waals surface area contributed by atoms with Gasteiger partial charge < -0.3 is 9.47 Å². The van der Waals surface area contributed by atoms with Gasteiger partial charge in [-0.15, -0.1) is 0 Å². The van der Waals surface area contributed by atoms with Crippen molar-refractivity contribution < 1.29 is 53.8 Å². The molecule has 264 valence electrons. The van der Waals surface area contributed by atoms with Crippen LogP contribution in [-0.2, 0) is 23.3 Å². The predicted molar refractivity (Wildman–Crippen MR) is 165 cm³/mol. The Labute approximate surface area is 281 Å². The molecule has 0 radical (unpaired) electrons. The molecule has 0 N–H and O–H groups in total. The van der Waals surface area contributed by atoms with Crippen molar-refractivity contribution in [1.29, 1.82) is 0 Å². The second kappa shape index (κ2) is 12.8. The fraction of sp³-hybridized carbons (Fsp3) is 0.400. The first-order valence-corrected chi connectivity index (χ1v) is 15.5. The third-order valence-electron chi connectivity index (χ3n) is 8.97. The molecular formula is C35H31ClF9NO3. The highest BCUT2D eigenvalue weighted by atomic mass is 35.5. The van der Waals surface area contributed by atoms with Gasteiger partial charge in [-0.25, -0.2) is 4.79 Å². The van der Waals surface area contributed by atoms with E-state index < -0.39 is 59.0 Å². The van der Waals surface area contributed by atoms with Gasteiger partial charge in [0.15, 0.2) is 0 Å². The van der Waals surface area contributed by atoms with Crippen molar-refractivity contribution >= 4 is 23.3 Å². The quantitative estimate of drug-likeness (QED) is 0.238. The fourth-order valence-electron chi connectivity index (χ4n) is 6.51. The van der Waals surface area contributed by atoms with Crippen molar-refractivity contribution in [3.05, 3.63) is 93.0 Å². The summed E-state index contributed by atoms with van der Waals surface area (Å²) in [6.45, 7) is 5.26. The molecule has 49 heavy (non-hydrogen) atoms. The molecule has 2 atom stereocenters. The first kappa shape index (κ1) is 36.4. The molecule has 1 heterocycles. The Balaban J connectivity index is 1.61. The van der Waals surface area contributed by atoms with Gasteiger partial charge in [0, 0.05) is 17.1 Å². The van der Waals surface area contributed by atoms with Crippen LogP contribution in [0.2, 0.25) is 5.02 Å². The standard InChI is InChI=1S/C35H31ClF9NO3/c1-18-30(20-10-22(33(37,38)39)13-23(11-20)34(40,41)42)49-31(47)46(18)17-21-16-32(2,3)9-8-25(21)27-14-26(19-6-5-7-24(36)12-19)28(35(43,44)45)15-29(27)48-4/h5-7,10-15,18,30H,8-9,16-17H2,1-4H3/t18-,30-/m0/s1. The zero-order valence-electron chi connectivity index (χ0n) is 26.6. The molecule has 0 bridgehead atoms. The zero-order chi connectivity index (χ0) is 36.3. The van der Waals surface area contributed by atoms with Gasteiger partial charge in [-0.1, -0.05) is 37.6 Å². The molecule has 0 spiro atoms. The van der Waals surface area contributed by atoms with Gasteiger partial charge in [-0.3, -0.25) is 4.90 Å². The monoisotopic (exact) mass is 719 g/mol. The molecule has 0 unspecified atom stereocenters. The highest BCUT2D eigenvalue weighted by molar-refractivity contribution is 6.30. The van der Waals surface area contributed by atoms with Gasteiger partial charge in [-0.05, 0) is 102 Å². The van der Waals surface area contributed by atoms with Crippen molar-refractivity contribution in [3.8, 4) is 16.9 Å². The third kappa shape index (κ3) is 7.66. The predicted octanol–water partition coefficient (Wildman–Crippen LogP) is 11.6. The number of methoxy groups -OCH3 is 1. The first-order valence-electron chi connectivity index (χ1n) is 15.1. The average Bonchev–Trinajstić information content (AvgIpc) is 3.27. The molecule has 1 aliphatic heterocycles. The Hall–Kier alpha value is -3.87. The number of benzene rings is 3. The number of cyclic esters (lactones) is 1. The van der Waals surface area contributed by atoms with E-state index in [4.69, 9.17) is 21.1 Å². The molecule has 0 saturated carbocycles. The molecular weight excluding hydrogens is 689 g/mol. The number of ether oxygens (including phenoxy) is 2. The van der Waals surface area contributed by atoms with E-state index in [2.05, 4.69) is 0 Å². The summed E-state index contributed by atoms with van der Waals surface area (Å²) >= 11 is 6.13. The summed E-state index contributed by atoms with van der Waals surface area (Å²) in [7, 11) is 1.24. The van der Waals surface area contributed by atoms with Crippen LogP contribution in [0.5, 0.6) is 5.75 Å². The second-order valence-electron chi connectivity index (χ2n) is 13.0. The van der Waals surface area contributed by atoms with Crippen LogP contribution < -0.4 is 4.74 Å². The van der Waals surface area contributed by atoms with E-state index in [0.717, 1.165) is 6.07 Å². The van der Waals surface area contributed by atoms with Crippen molar-refractivity contribution in [2.75, 3.05) is 13.7 Å². The van der Waals surface area contributed by atoms with Crippen molar-refractivity contribution in [1.82, 2.24) is 4.90 Å². The molecule has 4 nitrogen and oxygen atoms in total. The Morgan fingerprint density at radius 2 is 1.53 bits per heavy atom. The molecule has 2 aliphatic rings. The lowest BCUT2D eigenvalue weighted by molar-refractivity contribution is -0.143. The van der Waals surface area contributed by atoms with Crippen molar-refractivity contribution in [2.24, 2.45) is 5.41 Å². The Kier molecular flexibility index (Phi) is 9.50. The molecule has 5 rings (SSSR count). The molecule has 0 aromatic heterocycles. The summed E-state index contributed by atoms with van der Waals surface area (Å²) in [5.41, 5.74) is -3.17. The molecule has 14 heteroatoms. The van der Waals surface area contributed by atoms with Crippen LogP contribution in [0, 0.1) is 5.41 Å². The minimum absolute atomic E-state index is 0.000988. The van der Waals surface area contributed by atoms with E-state index in [9.17, 15) is 44.3 Å². The molecule has 1 fully saturated rings. The Morgan fingerprint density at radius 3 is 2.08 bits per heavy atom. The largest absolute Gasteiger partial charge is 0.496 e. The van der Waals surface area contributed by atoms with Crippen molar-refractivity contribution in [3.63, 3.8) is 0 Å². The Morgan fingerprint density at radius 1 is 0.898 bits per heavy atom. The molecule has 1 amide bonds. The topological polar surface area (TPSA) is 38.8 Å². The van der Waals surface area contributed by atoms with Crippen LogP contribution in [0.4, 0.5) is 44.3 Å². The summed E-state index contributed by atoms with van der Waals surface area (Å²) < 4.78 is 135. The number of carbonyl (C=O) groups excluding carboxylic acids is 1. The van der Waals surface area contributed by atoms with Crippen LogP contribution in [0.1, 0.15) is 74.0 Å². The molecule has 3 aromatic carbocycles. The highest BCUT2D eigenvalue weighted by Crippen LogP contribution is 2.49. The number of hydrogen-bond donors (Lipinski definition) is 0. The van der Waals surface area contributed by atoms with Crippen LogP contribution in [0.3, 0.4) is 0 Å². The average molecular weight is 720 g/mol. The minimum atomic E-state index is -5.10. The van der Waals surface area contributed by atoms with Crippen LogP contribution in [0.15, 0.2) is 60.2 Å². The number of alkyl halides is 9. The molecule has 1 saturated heterocycles. The van der Waals surface area contributed by atoms with Crippen molar-refractivity contribution in [2.45, 2.75) is 70.7 Å².